The molecular weight excluding hydrogens is 777 g/mol. The maximum absolute atomic E-state index is 12.1. The minimum absolute atomic E-state index is 0.151. The number of nitrogens with zero attached hydrogens (tertiary/aromatic N) is 4. The van der Waals surface area contributed by atoms with Crippen molar-refractivity contribution in [3.05, 3.63) is 108 Å². The zero-order chi connectivity index (χ0) is 40.8. The van der Waals surface area contributed by atoms with Crippen molar-refractivity contribution < 1.29 is 42.6 Å². The van der Waals surface area contributed by atoms with Crippen LogP contribution < -0.4 is 23.8 Å². The van der Waals surface area contributed by atoms with Gasteiger partial charge in [-0.2, -0.15) is 0 Å². The summed E-state index contributed by atoms with van der Waals surface area (Å²) in [4.78, 5) is 32.8. The number of ether oxygens (including phenoxy) is 6. The van der Waals surface area contributed by atoms with Gasteiger partial charge in [0.15, 0.2) is 18.9 Å². The SMILES string of the molecule is C=CC(/C=C/c1ccc2c(c1)OCCN2C)=C\C=N\CCSC(=O)OCCOCCOCCOC(=O)SCC[n+]1ccc(/C=C/c2ccc3c(c2)OCCN3C)cc1. The van der Waals surface area contributed by atoms with Gasteiger partial charge in [0.25, 0.3) is 0 Å². The third-order valence-electron chi connectivity index (χ3n) is 8.90. The highest BCUT2D eigenvalue weighted by Gasteiger charge is 2.15. The molecular formula is C44H53N4O8S2+. The topological polar surface area (TPSA) is 112 Å². The summed E-state index contributed by atoms with van der Waals surface area (Å²) in [5, 5.41) is -0.703. The molecule has 3 heterocycles. The van der Waals surface area contributed by atoms with Gasteiger partial charge in [0.2, 0.25) is 0 Å². The quantitative estimate of drug-likeness (QED) is 0.0349. The van der Waals surface area contributed by atoms with Crippen molar-refractivity contribution in [1.82, 2.24) is 0 Å². The lowest BCUT2D eigenvalue weighted by molar-refractivity contribution is -0.692. The molecule has 0 atom stereocenters. The van der Waals surface area contributed by atoms with Crippen LogP contribution in [0.25, 0.3) is 18.2 Å². The first kappa shape index (κ1) is 44.1. The molecule has 308 valence electrons. The first-order chi connectivity index (χ1) is 28.4. The molecule has 3 aromatic rings. The van der Waals surface area contributed by atoms with Crippen molar-refractivity contribution in [2.24, 2.45) is 4.99 Å². The largest absolute Gasteiger partial charge is 0.490 e. The molecule has 12 nitrogen and oxygen atoms in total. The van der Waals surface area contributed by atoms with Gasteiger partial charge in [0.05, 0.1) is 56.6 Å². The Kier molecular flexibility index (Phi) is 18.8. The monoisotopic (exact) mass is 829 g/mol. The Bertz CT molecular complexity index is 1920. The van der Waals surface area contributed by atoms with Crippen molar-refractivity contribution in [3.8, 4) is 11.5 Å². The fraction of sp³-hybridized carbons (Fsp3) is 0.364. The molecule has 0 aliphatic carbocycles. The number of hydrogen-bond acceptors (Lipinski definition) is 13. The van der Waals surface area contributed by atoms with E-state index in [2.05, 4.69) is 78.0 Å². The number of thioether (sulfide) groups is 2. The fourth-order valence-corrected chi connectivity index (χ4v) is 6.83. The number of aryl methyl sites for hydroxylation is 1. The number of hydrogen-bond donors (Lipinski definition) is 0. The molecule has 1 aromatic heterocycles. The number of carbonyl (C=O) groups excluding carboxylic acids is 2. The van der Waals surface area contributed by atoms with E-state index in [9.17, 15) is 9.59 Å². The fourth-order valence-electron chi connectivity index (χ4n) is 5.66. The van der Waals surface area contributed by atoms with Crippen molar-refractivity contribution in [2.45, 2.75) is 6.54 Å². The number of anilines is 2. The van der Waals surface area contributed by atoms with Crippen LogP contribution in [0.2, 0.25) is 0 Å². The van der Waals surface area contributed by atoms with Crippen molar-refractivity contribution in [1.29, 1.82) is 0 Å². The first-order valence-electron chi connectivity index (χ1n) is 19.3. The van der Waals surface area contributed by atoms with Gasteiger partial charge in [-0.05, 0) is 76.1 Å². The zero-order valence-corrected chi connectivity index (χ0v) is 34.9. The van der Waals surface area contributed by atoms with Gasteiger partial charge in [0.1, 0.15) is 37.9 Å². The van der Waals surface area contributed by atoms with E-state index in [0.717, 1.165) is 81.8 Å². The average Bonchev–Trinajstić information content (AvgIpc) is 3.23. The van der Waals surface area contributed by atoms with Gasteiger partial charge in [-0.1, -0.05) is 49.1 Å². The number of benzene rings is 2. The summed E-state index contributed by atoms with van der Waals surface area (Å²) in [5.41, 5.74) is 6.33. The minimum Gasteiger partial charge on any atom is -0.490 e. The third kappa shape index (κ3) is 15.4. The third-order valence-corrected chi connectivity index (χ3v) is 10.4. The normalized spacial score (nSPS) is 14.0. The Morgan fingerprint density at radius 1 is 0.759 bits per heavy atom. The van der Waals surface area contributed by atoms with Gasteiger partial charge in [-0.3, -0.25) is 4.99 Å². The Morgan fingerprint density at radius 2 is 1.31 bits per heavy atom. The van der Waals surface area contributed by atoms with Crippen LogP contribution in [-0.4, -0.2) is 115 Å². The van der Waals surface area contributed by atoms with E-state index in [4.69, 9.17) is 28.4 Å². The predicted molar refractivity (Wildman–Crippen MR) is 236 cm³/mol. The number of fused-ring (bicyclic) bond motifs is 2. The van der Waals surface area contributed by atoms with E-state index in [1.807, 2.05) is 53.4 Å². The van der Waals surface area contributed by atoms with Gasteiger partial charge in [-0.25, -0.2) is 14.2 Å². The Balaban J connectivity index is 0.816. The van der Waals surface area contributed by atoms with Gasteiger partial charge in [-0.15, -0.1) is 0 Å². The Labute approximate surface area is 350 Å². The number of allylic oxidation sites excluding steroid dienone is 4. The highest BCUT2D eigenvalue weighted by Crippen LogP contribution is 2.33. The van der Waals surface area contributed by atoms with Gasteiger partial charge >= 0.3 is 10.6 Å². The lowest BCUT2D eigenvalue weighted by Crippen LogP contribution is -2.34. The highest BCUT2D eigenvalue weighted by molar-refractivity contribution is 8.13. The van der Waals surface area contributed by atoms with Crippen LogP contribution in [0.5, 0.6) is 11.5 Å². The summed E-state index contributed by atoms with van der Waals surface area (Å²) in [7, 11) is 4.14. The summed E-state index contributed by atoms with van der Waals surface area (Å²) in [5.74, 6) is 2.90. The molecule has 0 saturated heterocycles. The summed E-state index contributed by atoms with van der Waals surface area (Å²) >= 11 is 2.21. The number of pyridine rings is 1. The van der Waals surface area contributed by atoms with E-state index in [-0.39, 0.29) is 37.0 Å². The molecule has 58 heavy (non-hydrogen) atoms. The van der Waals surface area contributed by atoms with Gasteiger partial charge < -0.3 is 38.2 Å². The van der Waals surface area contributed by atoms with Crippen LogP contribution in [0.3, 0.4) is 0 Å². The summed E-state index contributed by atoms with van der Waals surface area (Å²) in [6.45, 7) is 9.71. The summed E-state index contributed by atoms with van der Waals surface area (Å²) in [6, 6.07) is 16.5. The molecule has 0 fully saturated rings. The van der Waals surface area contributed by atoms with Crippen molar-refractivity contribution in [2.75, 3.05) is 108 Å². The standard InChI is InChI=1S/C44H53N4O8S2/c1-4-35(5-7-37-9-11-39-41(33-37)53-23-20-46(39)2)13-16-45-17-31-57-43(49)55-29-27-51-25-26-52-28-30-56-44(50)58-32-22-48-18-14-36(15-19-48)6-8-38-10-12-40-42(34-38)54-24-21-47(40)3/h4-16,18-19,33-34H,1,17,20-32H2,2-3H3/q+1/b7-5+,35-13+,45-16+. The maximum Gasteiger partial charge on any atom is 0.367 e. The zero-order valence-electron chi connectivity index (χ0n) is 33.3. The number of aliphatic imine (C=N–C) groups is 1. The molecule has 0 bridgehead atoms. The number of rotatable bonds is 21. The summed E-state index contributed by atoms with van der Waals surface area (Å²) in [6.07, 6.45) is 17.5. The van der Waals surface area contributed by atoms with Gasteiger partial charge in [0, 0.05) is 44.7 Å². The van der Waals surface area contributed by atoms with E-state index in [1.54, 1.807) is 12.3 Å². The average molecular weight is 830 g/mol. The second-order valence-electron chi connectivity index (χ2n) is 13.1. The lowest BCUT2D eigenvalue weighted by atomic mass is 10.1. The van der Waals surface area contributed by atoms with E-state index < -0.39 is 0 Å². The Hall–Kier alpha value is -5.02. The lowest BCUT2D eigenvalue weighted by Gasteiger charge is -2.27. The first-order valence-corrected chi connectivity index (χ1v) is 21.2. The number of aromatic nitrogens is 1. The van der Waals surface area contributed by atoms with Crippen molar-refractivity contribution in [3.63, 3.8) is 0 Å². The number of carbonyl (C=O) groups is 2. The molecule has 5 rings (SSSR count). The second kappa shape index (κ2) is 24.7. The predicted octanol–water partition coefficient (Wildman–Crippen LogP) is 7.47. The van der Waals surface area contributed by atoms with Crippen LogP contribution in [0.4, 0.5) is 21.0 Å². The molecule has 2 aliphatic heterocycles. The van der Waals surface area contributed by atoms with Crippen LogP contribution in [0.1, 0.15) is 16.7 Å². The molecule has 0 radical (unpaired) electrons. The highest BCUT2D eigenvalue weighted by atomic mass is 32.2. The molecule has 2 aromatic carbocycles. The molecule has 0 amide bonds. The minimum atomic E-state index is -0.369. The van der Waals surface area contributed by atoms with Crippen LogP contribution >= 0.6 is 23.5 Å². The summed E-state index contributed by atoms with van der Waals surface area (Å²) < 4.78 is 35.0. The van der Waals surface area contributed by atoms with Crippen molar-refractivity contribution >= 4 is 69.9 Å². The molecule has 0 N–H and O–H groups in total. The molecule has 14 heteroatoms. The Morgan fingerprint density at radius 3 is 1.91 bits per heavy atom. The second-order valence-corrected chi connectivity index (χ2v) is 15.1. The smallest absolute Gasteiger partial charge is 0.367 e. The molecule has 2 aliphatic rings. The van der Waals surface area contributed by atoms with Crippen LogP contribution in [-0.2, 0) is 25.5 Å². The molecule has 0 saturated carbocycles. The van der Waals surface area contributed by atoms with Crippen LogP contribution in [0.15, 0.2) is 96.3 Å². The van der Waals surface area contributed by atoms with E-state index >= 15 is 0 Å². The molecule has 0 unspecified atom stereocenters. The van der Waals surface area contributed by atoms with E-state index in [0.29, 0.717) is 51.0 Å². The van der Waals surface area contributed by atoms with Crippen LogP contribution in [0, 0.1) is 0 Å². The number of likely N-dealkylation sites (N-methyl/N-ethyl adjacent to an activating group) is 2. The van der Waals surface area contributed by atoms with E-state index in [1.165, 1.54) is 0 Å². The maximum atomic E-state index is 12.1. The molecule has 0 spiro atoms.